The van der Waals surface area contributed by atoms with Crippen LogP contribution in [0.4, 0.5) is 8.78 Å². The highest BCUT2D eigenvalue weighted by Gasteiger charge is 2.05. The minimum atomic E-state index is -0.627. The Kier molecular flexibility index (Phi) is 5.69. The van der Waals surface area contributed by atoms with Crippen molar-refractivity contribution < 1.29 is 13.6 Å². The van der Waals surface area contributed by atoms with E-state index in [1.165, 1.54) is 19.1 Å². The highest BCUT2D eigenvalue weighted by Crippen LogP contribution is 2.16. The molecule has 0 saturated carbocycles. The van der Waals surface area contributed by atoms with Crippen LogP contribution in [0.2, 0.25) is 0 Å². The Bertz CT molecular complexity index is 430. The van der Waals surface area contributed by atoms with E-state index in [1.807, 2.05) is 0 Å². The second-order valence-corrected chi connectivity index (χ2v) is 4.39. The molecule has 0 N–H and O–H groups in total. The molecule has 0 aromatic heterocycles. The minimum absolute atomic E-state index is 0.0456. The number of unbranched alkanes of at least 4 members (excludes halogenated alkanes) is 2. The van der Waals surface area contributed by atoms with Crippen molar-refractivity contribution in [2.75, 3.05) is 0 Å². The van der Waals surface area contributed by atoms with Gasteiger partial charge in [0.05, 0.1) is 0 Å². The van der Waals surface area contributed by atoms with E-state index < -0.39 is 11.6 Å². The van der Waals surface area contributed by atoms with E-state index in [1.54, 1.807) is 6.08 Å². The first-order valence-corrected chi connectivity index (χ1v) is 6.20. The SMILES string of the molecule is CCCCC/C(=C/c1cc(F)cc(F)c1)C(C)=O. The molecule has 0 bridgehead atoms. The molecule has 0 spiro atoms. The lowest BCUT2D eigenvalue weighted by molar-refractivity contribution is -0.113. The summed E-state index contributed by atoms with van der Waals surface area (Å²) in [5.41, 5.74) is 1.02. The van der Waals surface area contributed by atoms with Gasteiger partial charge in [-0.15, -0.1) is 0 Å². The van der Waals surface area contributed by atoms with Crippen LogP contribution in [0.5, 0.6) is 0 Å². The molecular weight excluding hydrogens is 234 g/mol. The molecule has 0 atom stereocenters. The average Bonchev–Trinajstić information content (AvgIpc) is 2.26. The molecule has 0 fully saturated rings. The van der Waals surface area contributed by atoms with E-state index in [2.05, 4.69) is 6.92 Å². The van der Waals surface area contributed by atoms with Crippen molar-refractivity contribution in [3.05, 3.63) is 41.0 Å². The molecule has 0 aliphatic heterocycles. The van der Waals surface area contributed by atoms with Crippen molar-refractivity contribution in [3.63, 3.8) is 0 Å². The van der Waals surface area contributed by atoms with Crippen LogP contribution in [0.1, 0.15) is 45.1 Å². The lowest BCUT2D eigenvalue weighted by Crippen LogP contribution is -1.97. The van der Waals surface area contributed by atoms with Crippen LogP contribution in [0.15, 0.2) is 23.8 Å². The summed E-state index contributed by atoms with van der Waals surface area (Å²) in [6.07, 6.45) is 5.26. The standard InChI is InChI=1S/C15H18F2O/c1-3-4-5-6-13(11(2)18)7-12-8-14(16)10-15(17)9-12/h7-10H,3-6H2,1-2H3/b13-7-. The van der Waals surface area contributed by atoms with Gasteiger partial charge in [0, 0.05) is 6.07 Å². The summed E-state index contributed by atoms with van der Waals surface area (Å²) in [7, 11) is 0. The van der Waals surface area contributed by atoms with Gasteiger partial charge in [0.2, 0.25) is 0 Å². The molecule has 3 heteroatoms. The number of rotatable bonds is 6. The third-order valence-electron chi connectivity index (χ3n) is 2.73. The molecule has 0 heterocycles. The van der Waals surface area contributed by atoms with Crippen LogP contribution in [0, 0.1) is 11.6 Å². The number of halogens is 2. The van der Waals surface area contributed by atoms with Gasteiger partial charge in [-0.05, 0) is 49.1 Å². The molecule has 1 rings (SSSR count). The molecule has 1 nitrogen and oxygen atoms in total. The fourth-order valence-electron chi connectivity index (χ4n) is 1.77. The van der Waals surface area contributed by atoms with Crippen LogP contribution in [0.3, 0.4) is 0 Å². The van der Waals surface area contributed by atoms with Crippen molar-refractivity contribution in [2.24, 2.45) is 0 Å². The molecule has 0 aliphatic carbocycles. The van der Waals surface area contributed by atoms with E-state index in [9.17, 15) is 13.6 Å². The van der Waals surface area contributed by atoms with Crippen LogP contribution in [-0.2, 0) is 4.79 Å². The highest BCUT2D eigenvalue weighted by molar-refractivity contribution is 5.97. The molecule has 98 valence electrons. The summed E-state index contributed by atoms with van der Waals surface area (Å²) in [6, 6.07) is 3.28. The summed E-state index contributed by atoms with van der Waals surface area (Å²) in [4.78, 5) is 11.5. The number of benzene rings is 1. The summed E-state index contributed by atoms with van der Waals surface area (Å²) < 4.78 is 26.1. The molecule has 0 saturated heterocycles. The van der Waals surface area contributed by atoms with Crippen molar-refractivity contribution in [3.8, 4) is 0 Å². The fourth-order valence-corrected chi connectivity index (χ4v) is 1.77. The minimum Gasteiger partial charge on any atom is -0.295 e. The molecule has 0 unspecified atom stereocenters. The van der Waals surface area contributed by atoms with E-state index in [-0.39, 0.29) is 5.78 Å². The number of ketones is 1. The lowest BCUT2D eigenvalue weighted by Gasteiger charge is -2.04. The average molecular weight is 252 g/mol. The largest absolute Gasteiger partial charge is 0.295 e. The number of carbonyl (C=O) groups is 1. The van der Waals surface area contributed by atoms with Crippen LogP contribution >= 0.6 is 0 Å². The number of allylic oxidation sites excluding steroid dienone is 1. The molecular formula is C15H18F2O. The van der Waals surface area contributed by atoms with Gasteiger partial charge >= 0.3 is 0 Å². The summed E-state index contributed by atoms with van der Waals surface area (Å²) in [6.45, 7) is 3.56. The first-order chi connectivity index (χ1) is 8.52. The maximum Gasteiger partial charge on any atom is 0.155 e. The zero-order valence-corrected chi connectivity index (χ0v) is 10.8. The number of hydrogen-bond donors (Lipinski definition) is 0. The summed E-state index contributed by atoms with van der Waals surface area (Å²) in [5, 5.41) is 0. The van der Waals surface area contributed by atoms with Crippen molar-refractivity contribution in [1.29, 1.82) is 0 Å². The molecule has 1 aromatic carbocycles. The van der Waals surface area contributed by atoms with Gasteiger partial charge in [-0.25, -0.2) is 8.78 Å². The summed E-state index contributed by atoms with van der Waals surface area (Å²) >= 11 is 0. The van der Waals surface area contributed by atoms with Gasteiger partial charge in [0.1, 0.15) is 11.6 Å². The third kappa shape index (κ3) is 4.78. The topological polar surface area (TPSA) is 17.1 Å². The Labute approximate surface area is 107 Å². The molecule has 18 heavy (non-hydrogen) atoms. The molecule has 0 amide bonds. The second-order valence-electron chi connectivity index (χ2n) is 4.39. The molecule has 1 aromatic rings. The smallest absolute Gasteiger partial charge is 0.155 e. The van der Waals surface area contributed by atoms with Crippen molar-refractivity contribution in [2.45, 2.75) is 39.5 Å². The Morgan fingerprint density at radius 2 is 1.78 bits per heavy atom. The second kappa shape index (κ2) is 7.04. The third-order valence-corrected chi connectivity index (χ3v) is 2.73. The number of hydrogen-bond acceptors (Lipinski definition) is 1. The Balaban J connectivity index is 2.89. The summed E-state index contributed by atoms with van der Waals surface area (Å²) in [5.74, 6) is -1.30. The van der Waals surface area contributed by atoms with Crippen LogP contribution in [0.25, 0.3) is 6.08 Å². The van der Waals surface area contributed by atoms with Gasteiger partial charge in [0.25, 0.3) is 0 Å². The normalized spacial score (nSPS) is 11.7. The van der Waals surface area contributed by atoms with E-state index in [4.69, 9.17) is 0 Å². The van der Waals surface area contributed by atoms with Crippen molar-refractivity contribution in [1.82, 2.24) is 0 Å². The number of carbonyl (C=O) groups excluding carboxylic acids is 1. The zero-order chi connectivity index (χ0) is 13.5. The van der Waals surface area contributed by atoms with E-state index in [0.717, 1.165) is 25.3 Å². The highest BCUT2D eigenvalue weighted by atomic mass is 19.1. The van der Waals surface area contributed by atoms with Gasteiger partial charge in [0.15, 0.2) is 5.78 Å². The molecule has 0 aliphatic rings. The maximum atomic E-state index is 13.0. The Hall–Kier alpha value is -1.51. The first kappa shape index (κ1) is 14.6. The predicted octanol–water partition coefficient (Wildman–Crippen LogP) is 4.52. The maximum absolute atomic E-state index is 13.0. The molecule has 0 radical (unpaired) electrons. The quantitative estimate of drug-likeness (QED) is 0.537. The van der Waals surface area contributed by atoms with Crippen LogP contribution in [-0.4, -0.2) is 5.78 Å². The zero-order valence-electron chi connectivity index (χ0n) is 10.8. The monoisotopic (exact) mass is 252 g/mol. The van der Waals surface area contributed by atoms with Gasteiger partial charge < -0.3 is 0 Å². The van der Waals surface area contributed by atoms with E-state index in [0.29, 0.717) is 17.6 Å². The van der Waals surface area contributed by atoms with Gasteiger partial charge in [-0.2, -0.15) is 0 Å². The Morgan fingerprint density at radius 1 is 1.17 bits per heavy atom. The van der Waals surface area contributed by atoms with Crippen LogP contribution < -0.4 is 0 Å². The fraction of sp³-hybridized carbons (Fsp3) is 0.400. The Morgan fingerprint density at radius 3 is 2.28 bits per heavy atom. The number of Topliss-reactive ketones (excluding diaryl/α,β-unsaturated/α-hetero) is 1. The van der Waals surface area contributed by atoms with Gasteiger partial charge in [-0.3, -0.25) is 4.79 Å². The lowest BCUT2D eigenvalue weighted by atomic mass is 10.0. The first-order valence-electron chi connectivity index (χ1n) is 6.20. The van der Waals surface area contributed by atoms with Gasteiger partial charge in [-0.1, -0.05) is 19.8 Å². The van der Waals surface area contributed by atoms with Crippen molar-refractivity contribution >= 4 is 11.9 Å². The predicted molar refractivity (Wildman–Crippen MR) is 69.2 cm³/mol. The van der Waals surface area contributed by atoms with E-state index >= 15 is 0 Å².